The maximum atomic E-state index is 2.82. The topological polar surface area (TPSA) is 3.24 Å². The first-order chi connectivity index (χ1) is 9.92. The van der Waals surface area contributed by atoms with Gasteiger partial charge in [0.25, 0.3) is 0 Å². The predicted octanol–water partition coefficient (Wildman–Crippen LogP) is 6.09. The van der Waals surface area contributed by atoms with E-state index in [0.29, 0.717) is 0 Å². The molecule has 1 nitrogen and oxygen atoms in total. The molecule has 0 aromatic rings. The van der Waals surface area contributed by atoms with Gasteiger partial charge in [-0.2, -0.15) is 0 Å². The second-order valence-electron chi connectivity index (χ2n) is 7.53. The van der Waals surface area contributed by atoms with Crippen LogP contribution < -0.4 is 0 Å². The largest absolute Gasteiger partial charge is 0.300 e. The van der Waals surface area contributed by atoms with Gasteiger partial charge in [-0.05, 0) is 49.0 Å². The van der Waals surface area contributed by atoms with Gasteiger partial charge in [0.15, 0.2) is 0 Å². The summed E-state index contributed by atoms with van der Waals surface area (Å²) in [5.74, 6) is 4.33. The zero-order valence-electron chi connectivity index (χ0n) is 16.4. The minimum absolute atomic E-state index is 0.819. The van der Waals surface area contributed by atoms with Gasteiger partial charge >= 0.3 is 0 Å². The van der Waals surface area contributed by atoms with Gasteiger partial charge in [-0.25, -0.2) is 0 Å². The Morgan fingerprint density at radius 2 is 1.62 bits per heavy atom. The van der Waals surface area contributed by atoms with Crippen LogP contribution in [0.4, 0.5) is 0 Å². The van der Waals surface area contributed by atoms with Gasteiger partial charge in [-0.15, -0.1) is 0 Å². The van der Waals surface area contributed by atoms with Crippen molar-refractivity contribution in [1.29, 1.82) is 0 Å². The third kappa shape index (κ3) is 5.93. The maximum absolute atomic E-state index is 2.82. The molecule has 21 heavy (non-hydrogen) atoms. The van der Waals surface area contributed by atoms with Crippen LogP contribution in [0.5, 0.6) is 0 Å². The molecule has 0 radical (unpaired) electrons. The van der Waals surface area contributed by atoms with Crippen LogP contribution in [0.1, 0.15) is 81.6 Å². The van der Waals surface area contributed by atoms with Crippen LogP contribution in [-0.2, 0) is 0 Å². The molecule has 0 amide bonds. The Morgan fingerprint density at radius 3 is 2.00 bits per heavy atom. The molecule has 1 saturated heterocycles. The monoisotopic (exact) mass is 297 g/mol. The van der Waals surface area contributed by atoms with Crippen LogP contribution in [-0.4, -0.2) is 24.0 Å². The Hall–Kier alpha value is -0.0400. The van der Waals surface area contributed by atoms with E-state index in [1.807, 2.05) is 13.8 Å². The van der Waals surface area contributed by atoms with Crippen LogP contribution in [0.25, 0.3) is 0 Å². The summed E-state index contributed by atoms with van der Waals surface area (Å²) >= 11 is 0. The summed E-state index contributed by atoms with van der Waals surface area (Å²) in [7, 11) is 0. The third-order valence-corrected chi connectivity index (χ3v) is 5.30. The van der Waals surface area contributed by atoms with E-state index < -0.39 is 0 Å². The number of rotatable bonds is 6. The van der Waals surface area contributed by atoms with Crippen LogP contribution >= 0.6 is 0 Å². The second-order valence-corrected chi connectivity index (χ2v) is 7.53. The lowest BCUT2D eigenvalue weighted by molar-refractivity contribution is -0.0164. The lowest BCUT2D eigenvalue weighted by Crippen LogP contribution is -2.54. The molecular weight excluding hydrogens is 254 g/mol. The van der Waals surface area contributed by atoms with Crippen molar-refractivity contribution in [3.8, 4) is 0 Å². The fraction of sp³-hybridized carbons (Fsp3) is 1.00. The third-order valence-electron chi connectivity index (χ3n) is 5.30. The smallest absolute Gasteiger partial charge is 0.0126 e. The van der Waals surface area contributed by atoms with E-state index in [4.69, 9.17) is 0 Å². The molecule has 1 aliphatic heterocycles. The summed E-state index contributed by atoms with van der Waals surface area (Å²) in [5, 5.41) is 0. The van der Waals surface area contributed by atoms with Crippen LogP contribution in [0, 0.1) is 29.6 Å². The van der Waals surface area contributed by atoms with E-state index in [2.05, 4.69) is 53.4 Å². The normalized spacial score (nSPS) is 30.4. The number of piperidine rings is 1. The average molecular weight is 298 g/mol. The van der Waals surface area contributed by atoms with Crippen molar-refractivity contribution in [2.24, 2.45) is 29.6 Å². The minimum Gasteiger partial charge on any atom is -0.300 e. The van der Waals surface area contributed by atoms with Crippen molar-refractivity contribution < 1.29 is 0 Å². The van der Waals surface area contributed by atoms with E-state index in [1.165, 1.54) is 32.4 Å². The molecule has 0 aromatic heterocycles. The Kier molecular flexibility index (Phi) is 10.6. The number of likely N-dealkylation sites (tertiary alicyclic amines) is 1. The van der Waals surface area contributed by atoms with E-state index in [9.17, 15) is 0 Å². The number of nitrogens with zero attached hydrogens (tertiary/aromatic N) is 1. The van der Waals surface area contributed by atoms with E-state index >= 15 is 0 Å². The van der Waals surface area contributed by atoms with Gasteiger partial charge in [-0.3, -0.25) is 4.90 Å². The Balaban J connectivity index is 0.00000191. The van der Waals surface area contributed by atoms with E-state index in [-0.39, 0.29) is 0 Å². The highest BCUT2D eigenvalue weighted by molar-refractivity contribution is 4.92. The van der Waals surface area contributed by atoms with Gasteiger partial charge in [0.05, 0.1) is 0 Å². The molecule has 4 atom stereocenters. The fourth-order valence-electron chi connectivity index (χ4n) is 4.32. The molecule has 1 heterocycles. The molecule has 4 unspecified atom stereocenters. The molecule has 0 bridgehead atoms. The van der Waals surface area contributed by atoms with Crippen LogP contribution in [0.2, 0.25) is 0 Å². The van der Waals surface area contributed by atoms with Crippen molar-refractivity contribution in [1.82, 2.24) is 4.90 Å². The van der Waals surface area contributed by atoms with E-state index in [0.717, 1.165) is 35.6 Å². The first-order valence-corrected chi connectivity index (χ1v) is 9.66. The maximum Gasteiger partial charge on any atom is 0.0126 e. The minimum atomic E-state index is 0.819. The first kappa shape index (κ1) is 21.0. The molecular formula is C20H43N. The predicted molar refractivity (Wildman–Crippen MR) is 97.7 cm³/mol. The number of hydrogen-bond acceptors (Lipinski definition) is 1. The fourth-order valence-corrected chi connectivity index (χ4v) is 4.32. The van der Waals surface area contributed by atoms with Crippen molar-refractivity contribution in [2.75, 3.05) is 13.1 Å². The Morgan fingerprint density at radius 1 is 1.05 bits per heavy atom. The van der Waals surface area contributed by atoms with Gasteiger partial charge in [-0.1, -0.05) is 68.7 Å². The highest BCUT2D eigenvalue weighted by Crippen LogP contribution is 2.40. The van der Waals surface area contributed by atoms with Crippen molar-refractivity contribution in [3.63, 3.8) is 0 Å². The van der Waals surface area contributed by atoms with Crippen molar-refractivity contribution in [2.45, 2.75) is 87.6 Å². The van der Waals surface area contributed by atoms with Gasteiger partial charge in [0.2, 0.25) is 0 Å². The summed E-state index contributed by atoms with van der Waals surface area (Å²) < 4.78 is 0. The zero-order valence-corrected chi connectivity index (χ0v) is 16.4. The highest BCUT2D eigenvalue weighted by Gasteiger charge is 2.40. The summed E-state index contributed by atoms with van der Waals surface area (Å²) in [6.45, 7) is 23.5. The summed E-state index contributed by atoms with van der Waals surface area (Å²) in [6, 6.07) is 0.819. The Labute approximate surface area is 135 Å². The van der Waals surface area contributed by atoms with Crippen molar-refractivity contribution in [3.05, 3.63) is 0 Å². The molecule has 0 saturated carbocycles. The SMILES string of the molecule is CC.CCCN1CC(C(C)C)C(CC)C(C)C1CC(C)C. The second kappa shape index (κ2) is 10.6. The van der Waals surface area contributed by atoms with Gasteiger partial charge in [0.1, 0.15) is 0 Å². The quantitative estimate of drug-likeness (QED) is 0.573. The molecule has 0 spiro atoms. The molecule has 0 N–H and O–H groups in total. The standard InChI is InChI=1S/C18H37N.C2H6/c1-8-10-19-12-17(14(5)6)16(9-2)15(7)18(19)11-13(3)4;1-2/h13-18H,8-12H2,1-7H3;1-2H3. The Bertz CT molecular complexity index is 244. The van der Waals surface area contributed by atoms with Crippen molar-refractivity contribution >= 4 is 0 Å². The molecule has 1 aliphatic rings. The average Bonchev–Trinajstić information content (AvgIpc) is 2.44. The first-order valence-electron chi connectivity index (χ1n) is 9.66. The lowest BCUT2D eigenvalue weighted by Gasteiger charge is -2.50. The summed E-state index contributed by atoms with van der Waals surface area (Å²) in [4.78, 5) is 2.82. The van der Waals surface area contributed by atoms with Crippen LogP contribution in [0.3, 0.4) is 0 Å². The lowest BCUT2D eigenvalue weighted by atomic mass is 9.67. The van der Waals surface area contributed by atoms with E-state index in [1.54, 1.807) is 0 Å². The van der Waals surface area contributed by atoms with Gasteiger partial charge < -0.3 is 0 Å². The summed E-state index contributed by atoms with van der Waals surface area (Å²) in [6.07, 6.45) is 4.03. The molecule has 1 rings (SSSR count). The number of hydrogen-bond donors (Lipinski definition) is 0. The zero-order chi connectivity index (χ0) is 16.6. The molecule has 0 aromatic carbocycles. The molecule has 1 heteroatoms. The highest BCUT2D eigenvalue weighted by atomic mass is 15.2. The van der Waals surface area contributed by atoms with Crippen LogP contribution in [0.15, 0.2) is 0 Å². The van der Waals surface area contributed by atoms with Gasteiger partial charge in [0, 0.05) is 12.6 Å². The molecule has 128 valence electrons. The summed E-state index contributed by atoms with van der Waals surface area (Å²) in [5.41, 5.74) is 0. The molecule has 0 aliphatic carbocycles. The molecule has 1 fully saturated rings.